The second-order valence-corrected chi connectivity index (χ2v) is 5.16. The minimum Gasteiger partial charge on any atom is -0.293 e. The van der Waals surface area contributed by atoms with Crippen LogP contribution in [-0.2, 0) is 0 Å². The number of hydrogen-bond acceptors (Lipinski definition) is 2. The lowest BCUT2D eigenvalue weighted by Crippen LogP contribution is -2.15. The Morgan fingerprint density at radius 2 is 2.33 bits per heavy atom. The van der Waals surface area contributed by atoms with Crippen LogP contribution in [0.2, 0.25) is 0 Å². The van der Waals surface area contributed by atoms with Crippen LogP contribution < -0.4 is 0 Å². The van der Waals surface area contributed by atoms with Crippen molar-refractivity contribution in [1.82, 2.24) is 0 Å². The van der Waals surface area contributed by atoms with E-state index < -0.39 is 5.82 Å². The molecule has 1 fully saturated rings. The zero-order valence-electron chi connectivity index (χ0n) is 8.63. The molecular weight excluding hydrogens is 211 g/mol. The molecule has 1 unspecified atom stereocenters. The molecule has 0 aliphatic carbocycles. The highest BCUT2D eigenvalue weighted by molar-refractivity contribution is 8.00. The second-order valence-electron chi connectivity index (χ2n) is 3.85. The van der Waals surface area contributed by atoms with E-state index in [0.29, 0.717) is 0 Å². The fourth-order valence-electron chi connectivity index (χ4n) is 1.79. The van der Waals surface area contributed by atoms with Crippen molar-refractivity contribution in [2.24, 2.45) is 0 Å². The van der Waals surface area contributed by atoms with E-state index in [1.807, 2.05) is 6.92 Å². The van der Waals surface area contributed by atoms with Crippen LogP contribution in [0.1, 0.15) is 28.8 Å². The summed E-state index contributed by atoms with van der Waals surface area (Å²) in [6, 6.07) is 4.71. The molecule has 0 saturated carbocycles. The van der Waals surface area contributed by atoms with Crippen LogP contribution in [0.3, 0.4) is 0 Å². The number of carbonyl (C=O) groups is 1. The zero-order chi connectivity index (χ0) is 10.8. The van der Waals surface area contributed by atoms with Crippen LogP contribution in [0.5, 0.6) is 0 Å². The summed E-state index contributed by atoms with van der Waals surface area (Å²) >= 11 is 1.64. The molecule has 0 radical (unpaired) electrons. The average Bonchev–Trinajstić information content (AvgIpc) is 2.74. The van der Waals surface area contributed by atoms with Crippen LogP contribution in [0.25, 0.3) is 0 Å². The first-order chi connectivity index (χ1) is 7.18. The number of halogens is 1. The van der Waals surface area contributed by atoms with Crippen molar-refractivity contribution in [1.29, 1.82) is 0 Å². The highest BCUT2D eigenvalue weighted by atomic mass is 32.2. The number of carbonyl (C=O) groups excluding carboxylic acids is 1. The molecule has 0 amide bonds. The smallest absolute Gasteiger partial charge is 0.178 e. The first kappa shape index (κ1) is 10.7. The molecule has 1 heterocycles. The summed E-state index contributed by atoms with van der Waals surface area (Å²) in [4.78, 5) is 12.0. The van der Waals surface area contributed by atoms with Gasteiger partial charge in [0.1, 0.15) is 5.82 Å². The Morgan fingerprint density at radius 1 is 1.53 bits per heavy atom. The van der Waals surface area contributed by atoms with E-state index in [9.17, 15) is 9.18 Å². The van der Waals surface area contributed by atoms with Gasteiger partial charge in [-0.15, -0.1) is 0 Å². The van der Waals surface area contributed by atoms with E-state index in [1.165, 1.54) is 6.07 Å². The van der Waals surface area contributed by atoms with Gasteiger partial charge in [0.25, 0.3) is 0 Å². The van der Waals surface area contributed by atoms with Gasteiger partial charge in [-0.05, 0) is 37.7 Å². The first-order valence-corrected chi connectivity index (χ1v) is 6.15. The van der Waals surface area contributed by atoms with E-state index in [-0.39, 0.29) is 16.6 Å². The molecule has 0 spiro atoms. The SMILES string of the molecule is Cc1ccc(F)c(C(=O)C2CCCS2)c1. The summed E-state index contributed by atoms with van der Waals surface area (Å²) in [6.07, 6.45) is 1.95. The molecule has 80 valence electrons. The standard InChI is InChI=1S/C12H13FOS/c1-8-4-5-10(13)9(7-8)12(14)11-3-2-6-15-11/h4-5,7,11H,2-3,6H2,1H3. The number of benzene rings is 1. The van der Waals surface area contributed by atoms with Crippen LogP contribution in [0.4, 0.5) is 4.39 Å². The molecule has 15 heavy (non-hydrogen) atoms. The summed E-state index contributed by atoms with van der Waals surface area (Å²) < 4.78 is 13.4. The van der Waals surface area contributed by atoms with Crippen molar-refractivity contribution in [2.45, 2.75) is 25.0 Å². The van der Waals surface area contributed by atoms with Gasteiger partial charge in [0.15, 0.2) is 5.78 Å². The van der Waals surface area contributed by atoms with Gasteiger partial charge in [0.05, 0.1) is 10.8 Å². The number of hydrogen-bond donors (Lipinski definition) is 0. The maximum absolute atomic E-state index is 13.4. The molecule has 1 atom stereocenters. The highest BCUT2D eigenvalue weighted by Crippen LogP contribution is 2.29. The molecular formula is C12H13FOS. The van der Waals surface area contributed by atoms with E-state index in [1.54, 1.807) is 23.9 Å². The third kappa shape index (κ3) is 2.23. The molecule has 2 rings (SSSR count). The quantitative estimate of drug-likeness (QED) is 0.717. The van der Waals surface area contributed by atoms with Crippen molar-refractivity contribution in [3.63, 3.8) is 0 Å². The van der Waals surface area contributed by atoms with Gasteiger partial charge < -0.3 is 0 Å². The monoisotopic (exact) mass is 224 g/mol. The van der Waals surface area contributed by atoms with Gasteiger partial charge >= 0.3 is 0 Å². The molecule has 1 aliphatic heterocycles. The molecule has 1 nitrogen and oxygen atoms in total. The number of thioether (sulfide) groups is 1. The van der Waals surface area contributed by atoms with Crippen molar-refractivity contribution in [2.75, 3.05) is 5.75 Å². The molecule has 1 aliphatic rings. The maximum Gasteiger partial charge on any atom is 0.178 e. The molecule has 1 aromatic carbocycles. The van der Waals surface area contributed by atoms with Crippen LogP contribution in [0.15, 0.2) is 18.2 Å². The van der Waals surface area contributed by atoms with E-state index in [0.717, 1.165) is 24.2 Å². The Balaban J connectivity index is 2.27. The predicted octanol–water partition coefficient (Wildman–Crippen LogP) is 3.21. The number of rotatable bonds is 2. The third-order valence-corrected chi connectivity index (χ3v) is 3.99. The van der Waals surface area contributed by atoms with Crippen molar-refractivity contribution in [3.05, 3.63) is 35.1 Å². The molecule has 0 bridgehead atoms. The summed E-state index contributed by atoms with van der Waals surface area (Å²) in [5, 5.41) is -0.0266. The first-order valence-electron chi connectivity index (χ1n) is 5.10. The molecule has 0 aromatic heterocycles. The number of ketones is 1. The lowest BCUT2D eigenvalue weighted by atomic mass is 10.0. The maximum atomic E-state index is 13.4. The summed E-state index contributed by atoms with van der Waals surface area (Å²) in [5.41, 5.74) is 1.19. The molecule has 1 saturated heterocycles. The van der Waals surface area contributed by atoms with Gasteiger partial charge in [-0.2, -0.15) is 11.8 Å². The highest BCUT2D eigenvalue weighted by Gasteiger charge is 2.26. The Hall–Kier alpha value is -0.830. The Labute approximate surface area is 93.1 Å². The van der Waals surface area contributed by atoms with Gasteiger partial charge in [-0.3, -0.25) is 4.79 Å². The molecule has 1 aromatic rings. The average molecular weight is 224 g/mol. The zero-order valence-corrected chi connectivity index (χ0v) is 9.44. The third-order valence-electron chi connectivity index (χ3n) is 2.61. The largest absolute Gasteiger partial charge is 0.293 e. The van der Waals surface area contributed by atoms with Crippen LogP contribution in [-0.4, -0.2) is 16.8 Å². The predicted molar refractivity (Wildman–Crippen MR) is 60.9 cm³/mol. The van der Waals surface area contributed by atoms with Gasteiger partial charge in [0.2, 0.25) is 0 Å². The van der Waals surface area contributed by atoms with Crippen molar-refractivity contribution < 1.29 is 9.18 Å². The van der Waals surface area contributed by atoms with E-state index in [4.69, 9.17) is 0 Å². The summed E-state index contributed by atoms with van der Waals surface area (Å²) in [5.74, 6) is 0.584. The summed E-state index contributed by atoms with van der Waals surface area (Å²) in [6.45, 7) is 1.87. The Bertz CT molecular complexity index is 383. The van der Waals surface area contributed by atoms with Crippen molar-refractivity contribution >= 4 is 17.5 Å². The lowest BCUT2D eigenvalue weighted by molar-refractivity contribution is 0.0984. The molecule has 0 N–H and O–H groups in total. The van der Waals surface area contributed by atoms with E-state index in [2.05, 4.69) is 0 Å². The number of aryl methyl sites for hydroxylation is 1. The lowest BCUT2D eigenvalue weighted by Gasteiger charge is -2.08. The Kier molecular flexibility index (Phi) is 3.10. The minimum absolute atomic E-state index is 0.0266. The van der Waals surface area contributed by atoms with Crippen molar-refractivity contribution in [3.8, 4) is 0 Å². The Morgan fingerprint density at radius 3 is 3.00 bits per heavy atom. The van der Waals surface area contributed by atoms with Gasteiger partial charge in [-0.1, -0.05) is 11.6 Å². The molecule has 3 heteroatoms. The summed E-state index contributed by atoms with van der Waals surface area (Å²) in [7, 11) is 0. The van der Waals surface area contributed by atoms with E-state index >= 15 is 0 Å². The normalized spacial score (nSPS) is 20.5. The number of Topliss-reactive ketones (excluding diaryl/α,β-unsaturated/α-hetero) is 1. The van der Waals surface area contributed by atoms with Gasteiger partial charge in [-0.25, -0.2) is 4.39 Å². The fourth-order valence-corrected chi connectivity index (χ4v) is 3.02. The van der Waals surface area contributed by atoms with Crippen LogP contribution >= 0.6 is 11.8 Å². The van der Waals surface area contributed by atoms with Gasteiger partial charge in [0, 0.05) is 0 Å². The second kappa shape index (κ2) is 4.35. The topological polar surface area (TPSA) is 17.1 Å². The van der Waals surface area contributed by atoms with Crippen LogP contribution in [0, 0.1) is 12.7 Å². The fraction of sp³-hybridized carbons (Fsp3) is 0.417. The minimum atomic E-state index is -0.391.